The molecule has 2 amide bonds. The molecular formula is C31H49FN2O7. The number of hydrogen-bond acceptors (Lipinski definition) is 7. The van der Waals surface area contributed by atoms with Crippen LogP contribution >= 0.6 is 0 Å². The molecule has 0 radical (unpaired) electrons. The number of hydrogen-bond donors (Lipinski definition) is 2. The van der Waals surface area contributed by atoms with Gasteiger partial charge in [0.1, 0.15) is 30.7 Å². The maximum absolute atomic E-state index is 15.3. The highest BCUT2D eigenvalue weighted by Crippen LogP contribution is 2.44. The molecule has 10 heteroatoms. The molecule has 1 aliphatic heterocycles. The summed E-state index contributed by atoms with van der Waals surface area (Å²) in [5.74, 6) is -0.580. The fourth-order valence-corrected chi connectivity index (χ4v) is 6.32. The van der Waals surface area contributed by atoms with Crippen LogP contribution in [0, 0.1) is 11.7 Å². The second-order valence-electron chi connectivity index (χ2n) is 11.9. The molecule has 0 unspecified atom stereocenters. The minimum atomic E-state index is -1.29. The van der Waals surface area contributed by atoms with Gasteiger partial charge in [-0.15, -0.1) is 0 Å². The Bertz CT molecular complexity index is 972. The van der Waals surface area contributed by atoms with Gasteiger partial charge in [0.2, 0.25) is 11.8 Å². The maximum atomic E-state index is 15.3. The second kappa shape index (κ2) is 15.9. The SMILES string of the molecule is COCC(=O)N1C[C@H](CC(C)C)N(C(=O)C2(c3ccccc3F)CCCC2)CCCCOC[C@@H](O)[C@@H](O)[C@H](OC)C1. The third-order valence-electron chi connectivity index (χ3n) is 8.46. The van der Waals surface area contributed by atoms with E-state index in [0.29, 0.717) is 50.8 Å². The lowest BCUT2D eigenvalue weighted by Crippen LogP contribution is -2.57. The zero-order chi connectivity index (χ0) is 30.0. The maximum Gasteiger partial charge on any atom is 0.248 e. The molecule has 0 bridgehead atoms. The van der Waals surface area contributed by atoms with Gasteiger partial charge < -0.3 is 34.2 Å². The van der Waals surface area contributed by atoms with Crippen LogP contribution in [0.1, 0.15) is 64.4 Å². The average Bonchev–Trinajstić information content (AvgIpc) is 3.44. The van der Waals surface area contributed by atoms with Crippen molar-refractivity contribution >= 4 is 11.8 Å². The fourth-order valence-electron chi connectivity index (χ4n) is 6.32. The standard InChI is InChI=1S/C31H49FN2O7/c1-22(2)17-23-18-33(28(36)21-39-3)19-27(40-4)29(37)26(35)20-41-16-10-9-15-34(23)30(38)31(13-7-8-14-31)24-11-5-6-12-25(24)32/h5-6,11-12,22-23,26-27,29,35,37H,7-10,13-21H2,1-4H3/t23-,26+,27+,29+/m0/s1. The van der Waals surface area contributed by atoms with E-state index < -0.39 is 23.7 Å². The molecule has 1 heterocycles. The number of halogens is 1. The first-order chi connectivity index (χ1) is 19.6. The van der Waals surface area contributed by atoms with Crippen LogP contribution in [-0.2, 0) is 29.2 Å². The molecular weight excluding hydrogens is 531 g/mol. The highest BCUT2D eigenvalue weighted by atomic mass is 19.1. The Hall–Kier alpha value is -2.11. The predicted octanol–water partition coefficient (Wildman–Crippen LogP) is 2.90. The van der Waals surface area contributed by atoms with Crippen LogP contribution in [0.2, 0.25) is 0 Å². The molecule has 1 aromatic carbocycles. The number of nitrogens with zero attached hydrogens (tertiary/aromatic N) is 2. The number of aliphatic hydroxyl groups excluding tert-OH is 2. The second-order valence-corrected chi connectivity index (χ2v) is 11.9. The number of methoxy groups -OCH3 is 2. The van der Waals surface area contributed by atoms with Crippen molar-refractivity contribution in [2.24, 2.45) is 5.92 Å². The van der Waals surface area contributed by atoms with Crippen molar-refractivity contribution in [3.8, 4) is 0 Å². The normalized spacial score (nSPS) is 26.6. The molecule has 0 spiro atoms. The van der Waals surface area contributed by atoms with Gasteiger partial charge in [-0.1, -0.05) is 44.9 Å². The fraction of sp³-hybridized carbons (Fsp3) is 0.742. The smallest absolute Gasteiger partial charge is 0.248 e. The van der Waals surface area contributed by atoms with Crippen LogP contribution in [0.5, 0.6) is 0 Å². The van der Waals surface area contributed by atoms with E-state index >= 15 is 4.39 Å². The van der Waals surface area contributed by atoms with Gasteiger partial charge in [0.15, 0.2) is 0 Å². The summed E-state index contributed by atoms with van der Waals surface area (Å²) in [6.45, 7) is 4.86. The van der Waals surface area contributed by atoms with E-state index in [2.05, 4.69) is 13.8 Å². The number of ether oxygens (including phenoxy) is 3. The highest BCUT2D eigenvalue weighted by Gasteiger charge is 2.48. The van der Waals surface area contributed by atoms with Gasteiger partial charge in [0.25, 0.3) is 0 Å². The van der Waals surface area contributed by atoms with Crippen molar-refractivity contribution in [2.75, 3.05) is 53.7 Å². The molecule has 232 valence electrons. The van der Waals surface area contributed by atoms with E-state index in [-0.39, 0.29) is 55.9 Å². The van der Waals surface area contributed by atoms with Gasteiger partial charge in [-0.25, -0.2) is 4.39 Å². The molecule has 1 saturated carbocycles. The van der Waals surface area contributed by atoms with Crippen LogP contribution in [0.15, 0.2) is 24.3 Å². The average molecular weight is 581 g/mol. The van der Waals surface area contributed by atoms with E-state index in [4.69, 9.17) is 14.2 Å². The van der Waals surface area contributed by atoms with Crippen molar-refractivity contribution in [3.63, 3.8) is 0 Å². The lowest BCUT2D eigenvalue weighted by atomic mass is 9.76. The van der Waals surface area contributed by atoms with E-state index in [0.717, 1.165) is 12.8 Å². The lowest BCUT2D eigenvalue weighted by Gasteiger charge is -2.42. The molecule has 1 aliphatic carbocycles. The van der Waals surface area contributed by atoms with E-state index in [1.165, 1.54) is 20.3 Å². The largest absolute Gasteiger partial charge is 0.388 e. The molecule has 3 rings (SSSR count). The van der Waals surface area contributed by atoms with Crippen LogP contribution in [-0.4, -0.2) is 110 Å². The summed E-state index contributed by atoms with van der Waals surface area (Å²) in [6.07, 6.45) is 1.35. The van der Waals surface area contributed by atoms with Gasteiger partial charge in [0, 0.05) is 52.1 Å². The topological polar surface area (TPSA) is 109 Å². The van der Waals surface area contributed by atoms with E-state index in [1.54, 1.807) is 23.1 Å². The number of aliphatic hydroxyl groups is 2. The van der Waals surface area contributed by atoms with Crippen LogP contribution in [0.4, 0.5) is 4.39 Å². The van der Waals surface area contributed by atoms with Gasteiger partial charge in [-0.3, -0.25) is 9.59 Å². The number of carbonyl (C=O) groups excluding carboxylic acids is 2. The zero-order valence-corrected chi connectivity index (χ0v) is 25.1. The molecule has 2 N–H and O–H groups in total. The zero-order valence-electron chi connectivity index (χ0n) is 25.1. The first-order valence-electron chi connectivity index (χ1n) is 14.9. The van der Waals surface area contributed by atoms with Crippen LogP contribution in [0.25, 0.3) is 0 Å². The van der Waals surface area contributed by atoms with Gasteiger partial charge in [-0.2, -0.15) is 0 Å². The number of benzene rings is 1. The van der Waals surface area contributed by atoms with Crippen molar-refractivity contribution < 1.29 is 38.4 Å². The molecule has 1 aromatic rings. The monoisotopic (exact) mass is 580 g/mol. The molecule has 2 fully saturated rings. The van der Waals surface area contributed by atoms with Crippen molar-refractivity contribution in [3.05, 3.63) is 35.6 Å². The van der Waals surface area contributed by atoms with Gasteiger partial charge in [0.05, 0.1) is 12.0 Å². The van der Waals surface area contributed by atoms with Crippen molar-refractivity contribution in [2.45, 2.75) is 88.6 Å². The van der Waals surface area contributed by atoms with Crippen molar-refractivity contribution in [1.29, 1.82) is 0 Å². The van der Waals surface area contributed by atoms with E-state index in [9.17, 15) is 19.8 Å². The first kappa shape index (κ1) is 33.4. The van der Waals surface area contributed by atoms with Gasteiger partial charge >= 0.3 is 0 Å². The molecule has 4 atom stereocenters. The summed E-state index contributed by atoms with van der Waals surface area (Å²) >= 11 is 0. The molecule has 1 saturated heterocycles. The first-order valence-corrected chi connectivity index (χ1v) is 14.9. The summed E-state index contributed by atoms with van der Waals surface area (Å²) in [7, 11) is 2.86. The minimum absolute atomic E-state index is 0.00793. The Morgan fingerprint density at radius 1 is 1.10 bits per heavy atom. The minimum Gasteiger partial charge on any atom is -0.388 e. The third-order valence-corrected chi connectivity index (χ3v) is 8.46. The summed E-state index contributed by atoms with van der Waals surface area (Å²) in [4.78, 5) is 31.5. The number of rotatable bonds is 7. The Labute approximate surface area is 243 Å². The summed E-state index contributed by atoms with van der Waals surface area (Å²) in [5, 5.41) is 21.4. The molecule has 41 heavy (non-hydrogen) atoms. The Morgan fingerprint density at radius 3 is 2.44 bits per heavy atom. The summed E-state index contributed by atoms with van der Waals surface area (Å²) < 4.78 is 31.6. The third kappa shape index (κ3) is 8.47. The predicted molar refractivity (Wildman–Crippen MR) is 153 cm³/mol. The molecule has 2 aliphatic rings. The highest BCUT2D eigenvalue weighted by molar-refractivity contribution is 5.89. The van der Waals surface area contributed by atoms with Crippen LogP contribution in [0.3, 0.4) is 0 Å². The quantitative estimate of drug-likeness (QED) is 0.511. The molecule has 9 nitrogen and oxygen atoms in total. The van der Waals surface area contributed by atoms with Crippen LogP contribution < -0.4 is 0 Å². The Morgan fingerprint density at radius 2 is 1.80 bits per heavy atom. The summed E-state index contributed by atoms with van der Waals surface area (Å²) in [6, 6.07) is 6.22. The Balaban J connectivity index is 2.06. The van der Waals surface area contributed by atoms with E-state index in [1.807, 2.05) is 4.90 Å². The number of amides is 2. The number of carbonyl (C=O) groups is 2. The lowest BCUT2D eigenvalue weighted by molar-refractivity contribution is -0.148. The van der Waals surface area contributed by atoms with Gasteiger partial charge in [-0.05, 0) is 44.1 Å². The Kier molecular flexibility index (Phi) is 13.0. The summed E-state index contributed by atoms with van der Waals surface area (Å²) in [5.41, 5.74) is -0.517. The molecule has 0 aromatic heterocycles. The van der Waals surface area contributed by atoms with Crippen molar-refractivity contribution in [1.82, 2.24) is 9.80 Å².